The smallest absolute Gasteiger partial charge is 0.266 e. The third kappa shape index (κ3) is 2.97. The van der Waals surface area contributed by atoms with Crippen LogP contribution in [-0.2, 0) is 10.0 Å². The Bertz CT molecular complexity index is 763. The maximum atomic E-state index is 13.3. The van der Waals surface area contributed by atoms with E-state index in [0.29, 0.717) is 0 Å². The van der Waals surface area contributed by atoms with Gasteiger partial charge in [-0.2, -0.15) is 0 Å². The highest BCUT2D eigenvalue weighted by Gasteiger charge is 2.26. The number of hydrogen-bond acceptors (Lipinski definition) is 3. The zero-order chi connectivity index (χ0) is 15.6. The minimum atomic E-state index is -3.99. The number of anilines is 2. The van der Waals surface area contributed by atoms with Crippen LogP contribution in [0.5, 0.6) is 0 Å². The summed E-state index contributed by atoms with van der Waals surface area (Å²) in [7, 11) is -3.99. The summed E-state index contributed by atoms with van der Waals surface area (Å²) in [6.07, 6.45) is 0. The van der Waals surface area contributed by atoms with E-state index in [0.717, 1.165) is 28.6 Å². The summed E-state index contributed by atoms with van der Waals surface area (Å²) in [6, 6.07) is 8.27. The number of halogens is 2. The van der Waals surface area contributed by atoms with Crippen molar-refractivity contribution in [3.05, 3.63) is 54.1 Å². The van der Waals surface area contributed by atoms with E-state index in [4.69, 9.17) is 5.73 Å². The van der Waals surface area contributed by atoms with Crippen molar-refractivity contribution in [1.82, 2.24) is 0 Å². The fourth-order valence-electron chi connectivity index (χ4n) is 2.00. The maximum absolute atomic E-state index is 13.3. The number of hydrogen-bond donors (Lipinski definition) is 1. The molecule has 0 bridgehead atoms. The van der Waals surface area contributed by atoms with E-state index < -0.39 is 21.7 Å². The lowest BCUT2D eigenvalue weighted by atomic mass is 10.3. The van der Waals surface area contributed by atoms with Gasteiger partial charge in [0, 0.05) is 6.54 Å². The van der Waals surface area contributed by atoms with Gasteiger partial charge in [-0.25, -0.2) is 17.2 Å². The molecule has 0 fully saturated rings. The molecule has 2 rings (SSSR count). The average Bonchev–Trinajstić information content (AvgIpc) is 2.38. The molecule has 21 heavy (non-hydrogen) atoms. The van der Waals surface area contributed by atoms with Crippen LogP contribution in [-0.4, -0.2) is 15.0 Å². The monoisotopic (exact) mass is 312 g/mol. The van der Waals surface area contributed by atoms with Gasteiger partial charge in [-0.3, -0.25) is 4.31 Å². The number of nitrogens with two attached hydrogens (primary N) is 1. The van der Waals surface area contributed by atoms with Crippen molar-refractivity contribution in [2.24, 2.45) is 0 Å². The van der Waals surface area contributed by atoms with Crippen LogP contribution < -0.4 is 10.0 Å². The number of nitrogens with zero attached hydrogens (tertiary/aromatic N) is 1. The molecule has 0 spiro atoms. The van der Waals surface area contributed by atoms with Crippen molar-refractivity contribution in [2.75, 3.05) is 16.6 Å². The third-order valence-corrected chi connectivity index (χ3v) is 4.90. The molecule has 0 aliphatic rings. The topological polar surface area (TPSA) is 63.4 Å². The molecule has 0 radical (unpaired) electrons. The van der Waals surface area contributed by atoms with Gasteiger partial charge in [0.15, 0.2) is 0 Å². The van der Waals surface area contributed by atoms with Crippen LogP contribution in [0.3, 0.4) is 0 Å². The van der Waals surface area contributed by atoms with Gasteiger partial charge in [0.1, 0.15) is 16.5 Å². The quantitative estimate of drug-likeness (QED) is 0.883. The van der Waals surface area contributed by atoms with Crippen molar-refractivity contribution in [1.29, 1.82) is 0 Å². The first-order chi connectivity index (χ1) is 9.86. The first-order valence-electron chi connectivity index (χ1n) is 6.19. The van der Waals surface area contributed by atoms with Crippen LogP contribution in [0.1, 0.15) is 6.92 Å². The molecule has 0 aromatic heterocycles. The van der Waals surface area contributed by atoms with Crippen LogP contribution in [0.25, 0.3) is 0 Å². The van der Waals surface area contributed by atoms with E-state index in [-0.39, 0.29) is 22.8 Å². The zero-order valence-corrected chi connectivity index (χ0v) is 12.1. The summed E-state index contributed by atoms with van der Waals surface area (Å²) in [5.74, 6) is -1.17. The number of benzene rings is 2. The van der Waals surface area contributed by atoms with E-state index in [2.05, 4.69) is 0 Å². The summed E-state index contributed by atoms with van der Waals surface area (Å²) in [4.78, 5) is -0.213. The van der Waals surface area contributed by atoms with E-state index in [1.54, 1.807) is 6.92 Å². The highest BCUT2D eigenvalue weighted by molar-refractivity contribution is 7.93. The number of rotatable bonds is 4. The van der Waals surface area contributed by atoms with Crippen molar-refractivity contribution in [3.8, 4) is 0 Å². The fraction of sp³-hybridized carbons (Fsp3) is 0.143. The molecule has 0 unspecified atom stereocenters. The molecule has 0 amide bonds. The van der Waals surface area contributed by atoms with Gasteiger partial charge in [0.2, 0.25) is 0 Å². The molecule has 4 nitrogen and oxygen atoms in total. The molecule has 0 saturated carbocycles. The number of nitrogen functional groups attached to an aromatic ring is 1. The third-order valence-electron chi connectivity index (χ3n) is 2.92. The summed E-state index contributed by atoms with van der Waals surface area (Å²) < 4.78 is 52.6. The molecule has 112 valence electrons. The molecule has 0 atom stereocenters. The Balaban J connectivity index is 2.54. The van der Waals surface area contributed by atoms with E-state index in [9.17, 15) is 17.2 Å². The van der Waals surface area contributed by atoms with Gasteiger partial charge in [-0.05, 0) is 43.3 Å². The molecule has 2 aromatic carbocycles. The van der Waals surface area contributed by atoms with E-state index >= 15 is 0 Å². The predicted octanol–water partition coefficient (Wildman–Crippen LogP) is 2.76. The summed E-state index contributed by atoms with van der Waals surface area (Å²) in [5.41, 5.74) is 5.58. The minimum absolute atomic E-state index is 0.0859. The minimum Gasteiger partial charge on any atom is -0.398 e. The van der Waals surface area contributed by atoms with Gasteiger partial charge in [-0.1, -0.05) is 6.07 Å². The van der Waals surface area contributed by atoms with Gasteiger partial charge in [-0.15, -0.1) is 0 Å². The Kier molecular flexibility index (Phi) is 4.13. The average molecular weight is 312 g/mol. The Morgan fingerprint density at radius 3 is 2.33 bits per heavy atom. The summed E-state index contributed by atoms with van der Waals surface area (Å²) in [6.45, 7) is 1.70. The molecule has 0 heterocycles. The standard InChI is InChI=1S/C14H14F2N2O2S/c1-2-18(12-5-3-4-10(15)8-12)21(19,20)14-7-6-11(16)9-13(14)17/h3-9H,2,17H2,1H3. The molecule has 7 heteroatoms. The molecular weight excluding hydrogens is 298 g/mol. The second-order valence-electron chi connectivity index (χ2n) is 4.33. The van der Waals surface area contributed by atoms with Gasteiger partial charge in [0.25, 0.3) is 10.0 Å². The second kappa shape index (κ2) is 5.69. The molecule has 0 saturated heterocycles. The lowest BCUT2D eigenvalue weighted by Crippen LogP contribution is -2.31. The number of sulfonamides is 1. The lowest BCUT2D eigenvalue weighted by molar-refractivity contribution is 0.591. The van der Waals surface area contributed by atoms with Crippen molar-refractivity contribution >= 4 is 21.4 Å². The second-order valence-corrected chi connectivity index (χ2v) is 6.16. The first-order valence-corrected chi connectivity index (χ1v) is 7.63. The van der Waals surface area contributed by atoms with Crippen molar-refractivity contribution in [3.63, 3.8) is 0 Å². The van der Waals surface area contributed by atoms with Gasteiger partial charge < -0.3 is 5.73 Å². The van der Waals surface area contributed by atoms with Gasteiger partial charge in [0.05, 0.1) is 11.4 Å². The van der Waals surface area contributed by atoms with E-state index in [1.807, 2.05) is 0 Å². The Hall–Kier alpha value is -2.15. The highest BCUT2D eigenvalue weighted by atomic mass is 32.2. The van der Waals surface area contributed by atoms with E-state index in [1.165, 1.54) is 18.2 Å². The predicted molar refractivity (Wildman–Crippen MR) is 77.4 cm³/mol. The fourth-order valence-corrected chi connectivity index (χ4v) is 3.56. The van der Waals surface area contributed by atoms with Crippen LogP contribution in [0.15, 0.2) is 47.4 Å². The molecule has 2 N–H and O–H groups in total. The highest BCUT2D eigenvalue weighted by Crippen LogP contribution is 2.27. The normalized spacial score (nSPS) is 11.4. The van der Waals surface area contributed by atoms with Gasteiger partial charge >= 0.3 is 0 Å². The summed E-state index contributed by atoms with van der Waals surface area (Å²) >= 11 is 0. The molecule has 2 aromatic rings. The van der Waals surface area contributed by atoms with Crippen molar-refractivity contribution in [2.45, 2.75) is 11.8 Å². The SMILES string of the molecule is CCN(c1cccc(F)c1)S(=O)(=O)c1ccc(F)cc1N. The molecule has 0 aliphatic carbocycles. The lowest BCUT2D eigenvalue weighted by Gasteiger charge is -2.23. The van der Waals surface area contributed by atoms with Crippen LogP contribution in [0, 0.1) is 11.6 Å². The molecule has 0 aliphatic heterocycles. The first kappa shape index (κ1) is 15.2. The largest absolute Gasteiger partial charge is 0.398 e. The van der Waals surface area contributed by atoms with Crippen LogP contribution in [0.4, 0.5) is 20.2 Å². The Morgan fingerprint density at radius 2 is 1.76 bits per heavy atom. The summed E-state index contributed by atoms with van der Waals surface area (Å²) in [5, 5.41) is 0. The molecular formula is C14H14F2N2O2S. The zero-order valence-electron chi connectivity index (χ0n) is 11.3. The maximum Gasteiger partial charge on any atom is 0.266 e. The Labute approximate surface area is 121 Å². The van der Waals surface area contributed by atoms with Crippen LogP contribution in [0.2, 0.25) is 0 Å². The van der Waals surface area contributed by atoms with Crippen molar-refractivity contribution < 1.29 is 17.2 Å². The van der Waals surface area contributed by atoms with Crippen LogP contribution >= 0.6 is 0 Å². The Morgan fingerprint density at radius 1 is 1.10 bits per heavy atom.